The van der Waals surface area contributed by atoms with Gasteiger partial charge in [0.15, 0.2) is 0 Å². The lowest BCUT2D eigenvalue weighted by Gasteiger charge is -2.18. The molecule has 1 heterocycles. The average molecular weight is 212 g/mol. The minimum absolute atomic E-state index is 0.00922. The summed E-state index contributed by atoms with van der Waals surface area (Å²) in [6.07, 6.45) is 5.01. The number of epoxide rings is 1. The zero-order valence-corrected chi connectivity index (χ0v) is 10.1. The molecule has 2 unspecified atom stereocenters. The van der Waals surface area contributed by atoms with Gasteiger partial charge in [-0.15, -0.1) is 0 Å². The van der Waals surface area contributed by atoms with Gasteiger partial charge >= 0.3 is 0 Å². The van der Waals surface area contributed by atoms with E-state index < -0.39 is 0 Å². The van der Waals surface area contributed by atoms with Crippen LogP contribution >= 0.6 is 0 Å². The largest absolute Gasteiger partial charge is 0.368 e. The van der Waals surface area contributed by atoms with Crippen LogP contribution in [0.5, 0.6) is 0 Å². The van der Waals surface area contributed by atoms with Gasteiger partial charge in [-0.2, -0.15) is 0 Å². The molecule has 15 heavy (non-hydrogen) atoms. The molecule has 0 aromatic heterocycles. The Hall–Kier alpha value is -0.370. The number of hydrogen-bond acceptors (Lipinski definition) is 1. The Morgan fingerprint density at radius 3 is 2.47 bits per heavy atom. The second-order valence-corrected chi connectivity index (χ2v) is 5.86. The fraction of sp³-hybridized carbons (Fsp3) is 0.846. The number of rotatable bonds is 4. The summed E-state index contributed by atoms with van der Waals surface area (Å²) in [5.41, 5.74) is -0.151. The number of ether oxygens (including phenoxy) is 1. The van der Waals surface area contributed by atoms with Crippen molar-refractivity contribution in [1.29, 1.82) is 0 Å². The molecule has 0 aromatic carbocycles. The third-order valence-corrected chi connectivity index (χ3v) is 3.41. The van der Waals surface area contributed by atoms with Gasteiger partial charge in [0.1, 0.15) is 0 Å². The molecule has 86 valence electrons. The Morgan fingerprint density at radius 1 is 1.40 bits per heavy atom. The predicted molar refractivity (Wildman–Crippen MR) is 59.2 cm³/mol. The summed E-state index contributed by atoms with van der Waals surface area (Å²) in [6, 6.07) is 0. The van der Waals surface area contributed by atoms with Gasteiger partial charge in [-0.05, 0) is 24.8 Å². The molecule has 1 saturated carbocycles. The number of hydrogen-bond donors (Lipinski definition) is 0. The van der Waals surface area contributed by atoms with E-state index in [0.29, 0.717) is 6.10 Å². The van der Waals surface area contributed by atoms with E-state index in [1.54, 1.807) is 6.08 Å². The molecule has 2 fully saturated rings. The molecule has 1 nitrogen and oxygen atoms in total. The van der Waals surface area contributed by atoms with Crippen molar-refractivity contribution in [3.63, 3.8) is 0 Å². The third-order valence-electron chi connectivity index (χ3n) is 3.41. The summed E-state index contributed by atoms with van der Waals surface area (Å²) < 4.78 is 19.2. The summed E-state index contributed by atoms with van der Waals surface area (Å²) in [5.74, 6) is 0.747. The smallest absolute Gasteiger partial charge is 0.0991 e. The van der Waals surface area contributed by atoms with Gasteiger partial charge in [0, 0.05) is 11.3 Å². The van der Waals surface area contributed by atoms with Crippen LogP contribution in [0.25, 0.3) is 0 Å². The third kappa shape index (κ3) is 2.41. The van der Waals surface area contributed by atoms with Crippen molar-refractivity contribution in [3.8, 4) is 0 Å². The minimum atomic E-state index is -0.151. The summed E-state index contributed by atoms with van der Waals surface area (Å²) in [7, 11) is 0. The highest BCUT2D eigenvalue weighted by Crippen LogP contribution is 2.51. The van der Waals surface area contributed by atoms with Gasteiger partial charge in [0.05, 0.1) is 18.0 Å². The van der Waals surface area contributed by atoms with Gasteiger partial charge < -0.3 is 4.74 Å². The first kappa shape index (κ1) is 11.1. The van der Waals surface area contributed by atoms with Crippen LogP contribution in [-0.4, -0.2) is 12.2 Å². The Balaban J connectivity index is 1.97. The maximum Gasteiger partial charge on any atom is 0.0991 e. The van der Waals surface area contributed by atoms with E-state index in [0.717, 1.165) is 5.92 Å². The molecule has 2 heteroatoms. The predicted octanol–water partition coefficient (Wildman–Crippen LogP) is 3.70. The second kappa shape index (κ2) is 3.58. The topological polar surface area (TPSA) is 12.5 Å². The molecule has 2 aliphatic rings. The van der Waals surface area contributed by atoms with Crippen molar-refractivity contribution in [2.45, 2.75) is 52.7 Å². The standard InChI is InChI=1S/C13H21FO/c1-8(2)10(14)7-13(3,4)12-11(15-12)9-5-6-9/h7-9,11-12H,5-6H2,1-4H3/b10-7-. The highest BCUT2D eigenvalue weighted by atomic mass is 19.1. The van der Waals surface area contributed by atoms with E-state index in [-0.39, 0.29) is 23.3 Å². The Kier molecular flexibility index (Phi) is 2.66. The summed E-state index contributed by atoms with van der Waals surface area (Å²) in [5, 5.41) is 0. The SMILES string of the molecule is CC(C)/C(F)=C/C(C)(C)C1OC1C1CC1. The van der Waals surface area contributed by atoms with Crippen molar-refractivity contribution in [2.75, 3.05) is 0 Å². The quantitative estimate of drug-likeness (QED) is 0.647. The molecule has 0 amide bonds. The second-order valence-electron chi connectivity index (χ2n) is 5.86. The Labute approximate surface area is 91.7 Å². The van der Waals surface area contributed by atoms with E-state index in [2.05, 4.69) is 13.8 Å². The zero-order valence-electron chi connectivity index (χ0n) is 10.1. The molecule has 0 radical (unpaired) electrons. The normalized spacial score (nSPS) is 32.3. The van der Waals surface area contributed by atoms with Gasteiger partial charge in [-0.1, -0.05) is 27.7 Å². The average Bonchev–Trinajstić information content (AvgIpc) is 2.96. The lowest BCUT2D eigenvalue weighted by molar-refractivity contribution is 0.279. The molecule has 2 rings (SSSR count). The monoisotopic (exact) mass is 212 g/mol. The fourth-order valence-corrected chi connectivity index (χ4v) is 2.11. The van der Waals surface area contributed by atoms with E-state index in [4.69, 9.17) is 4.74 Å². The van der Waals surface area contributed by atoms with E-state index in [9.17, 15) is 4.39 Å². The first-order valence-electron chi connectivity index (χ1n) is 5.95. The lowest BCUT2D eigenvalue weighted by atomic mass is 9.85. The first-order valence-corrected chi connectivity index (χ1v) is 5.95. The molecule has 1 aliphatic heterocycles. The highest BCUT2D eigenvalue weighted by molar-refractivity contribution is 5.13. The zero-order chi connectivity index (χ0) is 11.2. The highest BCUT2D eigenvalue weighted by Gasteiger charge is 2.55. The molecule has 0 bridgehead atoms. The summed E-state index contributed by atoms with van der Waals surface area (Å²) in [6.45, 7) is 7.91. The molecule has 0 N–H and O–H groups in total. The Bertz CT molecular complexity index is 276. The van der Waals surface area contributed by atoms with Crippen LogP contribution in [-0.2, 0) is 4.74 Å². The molecule has 0 aromatic rings. The summed E-state index contributed by atoms with van der Waals surface area (Å²) >= 11 is 0. The van der Waals surface area contributed by atoms with Crippen molar-refractivity contribution in [2.24, 2.45) is 17.3 Å². The van der Waals surface area contributed by atoms with Gasteiger partial charge in [0.2, 0.25) is 0 Å². The number of halogens is 1. The maximum atomic E-state index is 13.6. The van der Waals surface area contributed by atoms with Crippen LogP contribution in [0.4, 0.5) is 4.39 Å². The lowest BCUT2D eigenvalue weighted by Crippen LogP contribution is -2.20. The van der Waals surface area contributed by atoms with Gasteiger partial charge in [-0.3, -0.25) is 0 Å². The van der Waals surface area contributed by atoms with Crippen LogP contribution in [0.15, 0.2) is 11.9 Å². The Morgan fingerprint density at radius 2 is 2.00 bits per heavy atom. The fourth-order valence-electron chi connectivity index (χ4n) is 2.11. The van der Waals surface area contributed by atoms with Gasteiger partial charge in [-0.25, -0.2) is 4.39 Å². The van der Waals surface area contributed by atoms with Crippen LogP contribution in [0.2, 0.25) is 0 Å². The summed E-state index contributed by atoms with van der Waals surface area (Å²) in [4.78, 5) is 0. The molecule has 1 saturated heterocycles. The first-order chi connectivity index (χ1) is 6.92. The molecular weight excluding hydrogens is 191 g/mol. The number of allylic oxidation sites excluding steroid dienone is 1. The van der Waals surface area contributed by atoms with Crippen LogP contribution in [0, 0.1) is 17.3 Å². The van der Waals surface area contributed by atoms with Crippen molar-refractivity contribution in [1.82, 2.24) is 0 Å². The van der Waals surface area contributed by atoms with Gasteiger partial charge in [0.25, 0.3) is 0 Å². The minimum Gasteiger partial charge on any atom is -0.368 e. The molecular formula is C13H21FO. The van der Waals surface area contributed by atoms with Crippen molar-refractivity contribution < 1.29 is 9.13 Å². The maximum absolute atomic E-state index is 13.6. The van der Waals surface area contributed by atoms with Crippen LogP contribution in [0.3, 0.4) is 0 Å². The van der Waals surface area contributed by atoms with E-state index in [1.807, 2.05) is 13.8 Å². The molecule has 0 spiro atoms. The van der Waals surface area contributed by atoms with Crippen LogP contribution < -0.4 is 0 Å². The van der Waals surface area contributed by atoms with Crippen molar-refractivity contribution >= 4 is 0 Å². The van der Waals surface area contributed by atoms with E-state index >= 15 is 0 Å². The van der Waals surface area contributed by atoms with Crippen LogP contribution in [0.1, 0.15) is 40.5 Å². The van der Waals surface area contributed by atoms with E-state index in [1.165, 1.54) is 12.8 Å². The molecule has 2 atom stereocenters. The van der Waals surface area contributed by atoms with Crippen molar-refractivity contribution in [3.05, 3.63) is 11.9 Å². The molecule has 1 aliphatic carbocycles.